The van der Waals surface area contributed by atoms with Gasteiger partial charge < -0.3 is 19.6 Å². The van der Waals surface area contributed by atoms with Crippen molar-refractivity contribution in [3.05, 3.63) is 24.3 Å². The minimum Gasteiger partial charge on any atom is -0.484 e. The zero-order valence-corrected chi connectivity index (χ0v) is 14.9. The number of carboxylic acids is 1. The lowest BCUT2D eigenvalue weighted by Gasteiger charge is -2.34. The van der Waals surface area contributed by atoms with Gasteiger partial charge in [-0.15, -0.1) is 0 Å². The molecular formula is C19H24N2O5. The summed E-state index contributed by atoms with van der Waals surface area (Å²) >= 11 is 0. The van der Waals surface area contributed by atoms with Gasteiger partial charge in [0, 0.05) is 37.8 Å². The van der Waals surface area contributed by atoms with E-state index >= 15 is 0 Å². The van der Waals surface area contributed by atoms with Crippen LogP contribution in [0.2, 0.25) is 0 Å². The Morgan fingerprint density at radius 2 is 2.12 bits per heavy atom. The highest BCUT2D eigenvalue weighted by atomic mass is 16.5. The van der Waals surface area contributed by atoms with Crippen LogP contribution in [0, 0.1) is 11.8 Å². The van der Waals surface area contributed by atoms with Crippen LogP contribution in [0.15, 0.2) is 24.3 Å². The van der Waals surface area contributed by atoms with Gasteiger partial charge in [-0.3, -0.25) is 14.4 Å². The highest BCUT2D eigenvalue weighted by Gasteiger charge is 2.32. The maximum Gasteiger partial charge on any atom is 0.308 e. The highest BCUT2D eigenvalue weighted by Crippen LogP contribution is 2.26. The number of carboxylic acid groups (broad SMARTS) is 1. The molecule has 140 valence electrons. The Labute approximate surface area is 152 Å². The first-order chi connectivity index (χ1) is 12.4. The second-order valence-electron chi connectivity index (χ2n) is 7.11. The molecule has 2 aliphatic heterocycles. The largest absolute Gasteiger partial charge is 0.484 e. The van der Waals surface area contributed by atoms with Crippen LogP contribution in [0.1, 0.15) is 26.2 Å². The average Bonchev–Trinajstić information content (AvgIpc) is 3.05. The number of nitrogens with zero attached hydrogens (tertiary/aromatic N) is 2. The number of rotatable bonds is 5. The van der Waals surface area contributed by atoms with E-state index in [0.29, 0.717) is 31.7 Å². The molecule has 0 aromatic heterocycles. The van der Waals surface area contributed by atoms with Gasteiger partial charge in [-0.1, -0.05) is 13.0 Å². The number of anilines is 1. The molecule has 0 spiro atoms. The van der Waals surface area contributed by atoms with Gasteiger partial charge in [0.25, 0.3) is 5.91 Å². The van der Waals surface area contributed by atoms with Crippen molar-refractivity contribution in [2.45, 2.75) is 26.2 Å². The van der Waals surface area contributed by atoms with E-state index in [-0.39, 0.29) is 30.9 Å². The molecule has 2 unspecified atom stereocenters. The summed E-state index contributed by atoms with van der Waals surface area (Å²) in [7, 11) is 0. The quantitative estimate of drug-likeness (QED) is 0.865. The second kappa shape index (κ2) is 7.76. The third kappa shape index (κ3) is 4.15. The van der Waals surface area contributed by atoms with Gasteiger partial charge in [0.2, 0.25) is 5.91 Å². The van der Waals surface area contributed by atoms with Crippen molar-refractivity contribution in [1.82, 2.24) is 4.90 Å². The molecule has 26 heavy (non-hydrogen) atoms. The van der Waals surface area contributed by atoms with Crippen LogP contribution in [0.5, 0.6) is 5.75 Å². The van der Waals surface area contributed by atoms with E-state index < -0.39 is 11.9 Å². The number of benzene rings is 1. The van der Waals surface area contributed by atoms with Crippen LogP contribution in [0.25, 0.3) is 0 Å². The molecule has 2 heterocycles. The zero-order chi connectivity index (χ0) is 18.7. The summed E-state index contributed by atoms with van der Waals surface area (Å²) < 4.78 is 5.61. The third-order valence-corrected chi connectivity index (χ3v) is 4.93. The summed E-state index contributed by atoms with van der Waals surface area (Å²) in [5.41, 5.74) is 0.773. The van der Waals surface area contributed by atoms with Gasteiger partial charge in [0.1, 0.15) is 5.75 Å². The smallest absolute Gasteiger partial charge is 0.308 e. The molecule has 3 rings (SSSR count). The SMILES string of the molecule is CC1CC(C(=O)O)CN(C(=O)COc2cccc(N3CCCC3=O)c2)C1. The fourth-order valence-corrected chi connectivity index (χ4v) is 3.63. The van der Waals surface area contributed by atoms with Crippen LogP contribution < -0.4 is 9.64 Å². The minimum absolute atomic E-state index is 0.0974. The van der Waals surface area contributed by atoms with Gasteiger partial charge >= 0.3 is 5.97 Å². The summed E-state index contributed by atoms with van der Waals surface area (Å²) in [6.45, 7) is 3.28. The van der Waals surface area contributed by atoms with E-state index in [1.165, 1.54) is 0 Å². The number of ether oxygens (including phenoxy) is 1. The Morgan fingerprint density at radius 1 is 1.31 bits per heavy atom. The molecule has 0 bridgehead atoms. The Balaban J connectivity index is 1.59. The number of aliphatic carboxylic acids is 1. The minimum atomic E-state index is -0.863. The average molecular weight is 360 g/mol. The Hall–Kier alpha value is -2.57. The summed E-state index contributed by atoms with van der Waals surface area (Å²) in [6.07, 6.45) is 1.99. The number of piperidine rings is 1. The highest BCUT2D eigenvalue weighted by molar-refractivity contribution is 5.95. The standard InChI is InChI=1S/C19H24N2O5/c1-13-8-14(19(24)25)11-20(10-13)18(23)12-26-16-5-2-4-15(9-16)21-7-3-6-17(21)22/h2,4-5,9,13-14H,3,6-8,10-12H2,1H3,(H,24,25). The number of amides is 2. The molecule has 2 aliphatic rings. The zero-order valence-electron chi connectivity index (χ0n) is 14.9. The van der Waals surface area contributed by atoms with E-state index in [0.717, 1.165) is 12.1 Å². The topological polar surface area (TPSA) is 87.2 Å². The molecule has 0 saturated carbocycles. The summed E-state index contributed by atoms with van der Waals surface area (Å²) in [5.74, 6) is -0.829. The first-order valence-corrected chi connectivity index (χ1v) is 8.98. The lowest BCUT2D eigenvalue weighted by Crippen LogP contribution is -2.47. The molecule has 7 heteroatoms. The van der Waals surface area contributed by atoms with E-state index in [1.54, 1.807) is 28.0 Å². The van der Waals surface area contributed by atoms with E-state index in [1.807, 2.05) is 13.0 Å². The van der Waals surface area contributed by atoms with Crippen molar-refractivity contribution in [2.24, 2.45) is 11.8 Å². The third-order valence-electron chi connectivity index (χ3n) is 4.93. The molecule has 2 amide bonds. The molecule has 2 saturated heterocycles. The molecule has 7 nitrogen and oxygen atoms in total. The summed E-state index contributed by atoms with van der Waals surface area (Å²) in [4.78, 5) is 38.8. The summed E-state index contributed by atoms with van der Waals surface area (Å²) in [6, 6.07) is 7.15. The summed E-state index contributed by atoms with van der Waals surface area (Å²) in [5, 5.41) is 9.22. The fraction of sp³-hybridized carbons (Fsp3) is 0.526. The fourth-order valence-electron chi connectivity index (χ4n) is 3.63. The molecule has 0 radical (unpaired) electrons. The van der Waals surface area contributed by atoms with Crippen LogP contribution in [0.4, 0.5) is 5.69 Å². The maximum absolute atomic E-state index is 12.4. The Morgan fingerprint density at radius 3 is 2.81 bits per heavy atom. The molecule has 0 aliphatic carbocycles. The van der Waals surface area contributed by atoms with Crippen molar-refractivity contribution in [3.63, 3.8) is 0 Å². The number of likely N-dealkylation sites (tertiary alicyclic amines) is 1. The van der Waals surface area contributed by atoms with Crippen molar-refractivity contribution in [2.75, 3.05) is 31.1 Å². The number of carbonyl (C=O) groups is 3. The monoisotopic (exact) mass is 360 g/mol. The van der Waals surface area contributed by atoms with E-state index in [2.05, 4.69) is 0 Å². The first kappa shape index (κ1) is 18.2. The normalized spacial score (nSPS) is 23.2. The predicted octanol–water partition coefficient (Wildman–Crippen LogP) is 1.76. The lowest BCUT2D eigenvalue weighted by atomic mass is 9.90. The van der Waals surface area contributed by atoms with Crippen LogP contribution in [0.3, 0.4) is 0 Å². The second-order valence-corrected chi connectivity index (χ2v) is 7.11. The van der Waals surface area contributed by atoms with Crippen LogP contribution in [-0.4, -0.2) is 54.0 Å². The number of hydrogen-bond donors (Lipinski definition) is 1. The van der Waals surface area contributed by atoms with Gasteiger partial charge in [-0.2, -0.15) is 0 Å². The molecule has 1 aromatic rings. The maximum atomic E-state index is 12.4. The molecule has 2 atom stereocenters. The number of carbonyl (C=O) groups excluding carboxylic acids is 2. The van der Waals surface area contributed by atoms with Crippen LogP contribution >= 0.6 is 0 Å². The van der Waals surface area contributed by atoms with Gasteiger partial charge in [-0.25, -0.2) is 0 Å². The molecular weight excluding hydrogens is 336 g/mol. The molecule has 1 N–H and O–H groups in total. The predicted molar refractivity (Wildman–Crippen MR) is 95.0 cm³/mol. The lowest BCUT2D eigenvalue weighted by molar-refractivity contribution is -0.147. The van der Waals surface area contributed by atoms with Gasteiger partial charge in [0.05, 0.1) is 5.92 Å². The van der Waals surface area contributed by atoms with Gasteiger partial charge in [0.15, 0.2) is 6.61 Å². The van der Waals surface area contributed by atoms with Crippen LogP contribution in [-0.2, 0) is 14.4 Å². The van der Waals surface area contributed by atoms with E-state index in [4.69, 9.17) is 4.74 Å². The van der Waals surface area contributed by atoms with Crippen molar-refractivity contribution in [3.8, 4) is 5.75 Å². The molecule has 2 fully saturated rings. The number of hydrogen-bond acceptors (Lipinski definition) is 4. The van der Waals surface area contributed by atoms with E-state index in [9.17, 15) is 19.5 Å². The molecule has 1 aromatic carbocycles. The van der Waals surface area contributed by atoms with Crippen molar-refractivity contribution >= 4 is 23.5 Å². The van der Waals surface area contributed by atoms with Crippen molar-refractivity contribution in [1.29, 1.82) is 0 Å². The first-order valence-electron chi connectivity index (χ1n) is 8.98. The Kier molecular flexibility index (Phi) is 5.44. The van der Waals surface area contributed by atoms with Gasteiger partial charge in [-0.05, 0) is 30.9 Å². The van der Waals surface area contributed by atoms with Crippen molar-refractivity contribution < 1.29 is 24.2 Å². The Bertz CT molecular complexity index is 705.